The minimum Gasteiger partial charge on any atom is -0.348 e. The monoisotopic (exact) mass is 157 g/mol. The number of carbonyl (C=O) groups is 1. The zero-order valence-corrected chi connectivity index (χ0v) is 6.92. The molecule has 0 amide bonds. The maximum atomic E-state index is 10.6. The summed E-state index contributed by atoms with van der Waals surface area (Å²) in [6.07, 6.45) is 2.13. The molecule has 1 aliphatic rings. The Morgan fingerprint density at radius 1 is 1.55 bits per heavy atom. The predicted octanol–water partition coefficient (Wildman–Crippen LogP) is 0.933. The molecule has 63 valence electrons. The first-order valence-corrected chi connectivity index (χ1v) is 3.74. The predicted molar refractivity (Wildman–Crippen MR) is 39.9 cm³/mol. The Balaban J connectivity index is 2.28. The summed E-state index contributed by atoms with van der Waals surface area (Å²) in [5, 5.41) is 0. The summed E-state index contributed by atoms with van der Waals surface area (Å²) >= 11 is 0. The van der Waals surface area contributed by atoms with Crippen molar-refractivity contribution in [1.82, 2.24) is 0 Å². The van der Waals surface area contributed by atoms with Crippen LogP contribution in [0.3, 0.4) is 0 Å². The van der Waals surface area contributed by atoms with Crippen LogP contribution in [0.4, 0.5) is 0 Å². The molecule has 1 rings (SSSR count). The summed E-state index contributed by atoms with van der Waals surface area (Å²) in [4.78, 5) is 10.6. The van der Waals surface area contributed by atoms with Crippen LogP contribution in [0, 0.1) is 6.42 Å². The molecule has 3 heteroatoms. The normalized spacial score (nSPS) is 22.0. The third kappa shape index (κ3) is 2.60. The van der Waals surface area contributed by atoms with E-state index in [1.165, 1.54) is 6.92 Å². The van der Waals surface area contributed by atoms with Crippen molar-refractivity contribution >= 4 is 5.78 Å². The summed E-state index contributed by atoms with van der Waals surface area (Å²) < 4.78 is 10.6. The van der Waals surface area contributed by atoms with Crippen molar-refractivity contribution in [2.24, 2.45) is 0 Å². The van der Waals surface area contributed by atoms with Gasteiger partial charge in [-0.15, -0.1) is 0 Å². The van der Waals surface area contributed by atoms with E-state index in [9.17, 15) is 4.79 Å². The molecule has 3 nitrogen and oxygen atoms in total. The smallest absolute Gasteiger partial charge is 0.166 e. The first-order chi connectivity index (χ1) is 5.12. The highest BCUT2D eigenvalue weighted by Gasteiger charge is 2.30. The van der Waals surface area contributed by atoms with Crippen LogP contribution < -0.4 is 0 Å². The lowest BCUT2D eigenvalue weighted by atomic mass is 10.1. The molecule has 0 aromatic rings. The van der Waals surface area contributed by atoms with E-state index in [0.717, 1.165) is 0 Å². The molecule has 0 aliphatic carbocycles. The number of Topliss-reactive ketones (excluding diaryl/α,β-unsaturated/α-hetero) is 1. The molecule has 1 radical (unpaired) electrons. The fourth-order valence-electron chi connectivity index (χ4n) is 1.00. The molecule has 0 unspecified atom stereocenters. The van der Waals surface area contributed by atoms with Crippen molar-refractivity contribution in [3.8, 4) is 0 Å². The summed E-state index contributed by atoms with van der Waals surface area (Å²) in [5.41, 5.74) is 0. The Hall–Kier alpha value is -0.410. The number of hydrogen-bond acceptors (Lipinski definition) is 3. The van der Waals surface area contributed by atoms with Gasteiger partial charge in [0.05, 0.1) is 13.2 Å². The quantitative estimate of drug-likeness (QED) is 0.611. The van der Waals surface area contributed by atoms with Crippen LogP contribution in [0.2, 0.25) is 0 Å². The van der Waals surface area contributed by atoms with E-state index in [1.54, 1.807) is 6.42 Å². The van der Waals surface area contributed by atoms with Gasteiger partial charge in [0.2, 0.25) is 0 Å². The molecule has 0 saturated carbocycles. The lowest BCUT2D eigenvalue weighted by Crippen LogP contribution is -2.26. The van der Waals surface area contributed by atoms with Gasteiger partial charge in [0.15, 0.2) is 5.79 Å². The van der Waals surface area contributed by atoms with Crippen LogP contribution in [0.5, 0.6) is 0 Å². The maximum absolute atomic E-state index is 10.6. The van der Waals surface area contributed by atoms with Gasteiger partial charge in [0.1, 0.15) is 5.78 Å². The fraction of sp³-hybridized carbons (Fsp3) is 0.750. The van der Waals surface area contributed by atoms with E-state index in [0.29, 0.717) is 19.6 Å². The van der Waals surface area contributed by atoms with E-state index < -0.39 is 5.79 Å². The van der Waals surface area contributed by atoms with Gasteiger partial charge in [-0.3, -0.25) is 4.79 Å². The SMILES string of the molecule is CC(=O)[CH]CC1(C)OCCO1. The standard InChI is InChI=1S/C8H13O3/c1-7(9)3-4-8(2)10-5-6-11-8/h3H,4-6H2,1-2H3. The number of hydrogen-bond donors (Lipinski definition) is 0. The highest BCUT2D eigenvalue weighted by atomic mass is 16.7. The van der Waals surface area contributed by atoms with Crippen molar-refractivity contribution < 1.29 is 14.3 Å². The number of ether oxygens (including phenoxy) is 2. The second kappa shape index (κ2) is 3.32. The molecule has 0 bridgehead atoms. The Kier molecular flexibility index (Phi) is 2.62. The molecule has 1 saturated heterocycles. The molecule has 0 aromatic heterocycles. The third-order valence-electron chi connectivity index (χ3n) is 1.66. The van der Waals surface area contributed by atoms with E-state index in [1.807, 2.05) is 6.92 Å². The topological polar surface area (TPSA) is 35.5 Å². The van der Waals surface area contributed by atoms with Gasteiger partial charge in [-0.05, 0) is 13.8 Å². The van der Waals surface area contributed by atoms with Gasteiger partial charge in [-0.2, -0.15) is 0 Å². The van der Waals surface area contributed by atoms with Gasteiger partial charge < -0.3 is 9.47 Å². The van der Waals surface area contributed by atoms with Crippen molar-refractivity contribution in [2.75, 3.05) is 13.2 Å². The molecule has 0 spiro atoms. The molecular formula is C8H13O3. The fourth-order valence-corrected chi connectivity index (χ4v) is 1.00. The summed E-state index contributed by atoms with van der Waals surface area (Å²) in [6, 6.07) is 0. The third-order valence-corrected chi connectivity index (χ3v) is 1.66. The number of carbonyl (C=O) groups excluding carboxylic acids is 1. The second-order valence-corrected chi connectivity index (χ2v) is 2.85. The van der Waals surface area contributed by atoms with Gasteiger partial charge >= 0.3 is 0 Å². The van der Waals surface area contributed by atoms with Crippen LogP contribution >= 0.6 is 0 Å². The minimum atomic E-state index is -0.550. The summed E-state index contributed by atoms with van der Waals surface area (Å²) in [7, 11) is 0. The molecule has 0 aromatic carbocycles. The lowest BCUT2D eigenvalue weighted by Gasteiger charge is -2.20. The van der Waals surface area contributed by atoms with Gasteiger partial charge in [0.25, 0.3) is 0 Å². The highest BCUT2D eigenvalue weighted by Crippen LogP contribution is 2.23. The average Bonchev–Trinajstić information content (AvgIpc) is 2.33. The Morgan fingerprint density at radius 2 is 2.09 bits per heavy atom. The summed E-state index contributed by atoms with van der Waals surface area (Å²) in [5.74, 6) is -0.489. The Labute approximate surface area is 66.7 Å². The van der Waals surface area contributed by atoms with E-state index >= 15 is 0 Å². The second-order valence-electron chi connectivity index (χ2n) is 2.85. The Morgan fingerprint density at radius 3 is 2.55 bits per heavy atom. The zero-order valence-electron chi connectivity index (χ0n) is 6.92. The Bertz CT molecular complexity index is 147. The largest absolute Gasteiger partial charge is 0.348 e. The molecule has 0 atom stereocenters. The maximum Gasteiger partial charge on any atom is 0.166 e. The minimum absolute atomic E-state index is 0.0605. The molecule has 1 fully saturated rings. The van der Waals surface area contributed by atoms with Gasteiger partial charge in [-0.25, -0.2) is 0 Å². The van der Waals surface area contributed by atoms with Gasteiger partial charge in [0, 0.05) is 12.8 Å². The van der Waals surface area contributed by atoms with Crippen LogP contribution in [0.25, 0.3) is 0 Å². The molecule has 0 N–H and O–H groups in total. The van der Waals surface area contributed by atoms with E-state index in [2.05, 4.69) is 0 Å². The van der Waals surface area contributed by atoms with Crippen molar-refractivity contribution in [3.05, 3.63) is 6.42 Å². The van der Waals surface area contributed by atoms with E-state index in [-0.39, 0.29) is 5.78 Å². The van der Waals surface area contributed by atoms with Crippen LogP contribution in [0.1, 0.15) is 20.3 Å². The zero-order chi connectivity index (χ0) is 8.32. The van der Waals surface area contributed by atoms with E-state index in [4.69, 9.17) is 9.47 Å². The lowest BCUT2D eigenvalue weighted by molar-refractivity contribution is -0.143. The molecule has 1 heterocycles. The molecule has 11 heavy (non-hydrogen) atoms. The highest BCUT2D eigenvalue weighted by molar-refractivity contribution is 5.84. The van der Waals surface area contributed by atoms with Gasteiger partial charge in [-0.1, -0.05) is 0 Å². The van der Waals surface area contributed by atoms with Crippen molar-refractivity contribution in [3.63, 3.8) is 0 Å². The summed E-state index contributed by atoms with van der Waals surface area (Å²) in [6.45, 7) is 4.63. The van der Waals surface area contributed by atoms with Crippen LogP contribution in [-0.2, 0) is 14.3 Å². The number of ketones is 1. The first-order valence-electron chi connectivity index (χ1n) is 3.74. The van der Waals surface area contributed by atoms with Crippen molar-refractivity contribution in [1.29, 1.82) is 0 Å². The van der Waals surface area contributed by atoms with Crippen LogP contribution in [-0.4, -0.2) is 24.8 Å². The first kappa shape index (κ1) is 8.68. The average molecular weight is 157 g/mol. The number of rotatable bonds is 3. The van der Waals surface area contributed by atoms with Crippen LogP contribution in [0.15, 0.2) is 0 Å². The molecule has 1 aliphatic heterocycles. The van der Waals surface area contributed by atoms with Crippen molar-refractivity contribution in [2.45, 2.75) is 26.1 Å². The molecular weight excluding hydrogens is 144 g/mol.